The van der Waals surface area contributed by atoms with Crippen molar-refractivity contribution >= 4 is 55.5 Å². The van der Waals surface area contributed by atoms with Gasteiger partial charge in [0.05, 0.1) is 16.8 Å². The Morgan fingerprint density at radius 2 is 1.64 bits per heavy atom. The molecule has 4 aromatic rings. The number of rotatable bonds is 9. The standard InChI is InChI=1S/C29H29BrN4O3S2/c1-20-5-9-25(10-6-20)33(39(36,37)28-15-13-27(38-4)14-16-28)19-29(35)32-31-18-23-17-21(2)34(22(23)3)26-11-7-24(30)8-12-26/h5-18H,19H2,1-4H3,(H,32,35)/b31-18-. The molecule has 0 aliphatic rings. The van der Waals surface area contributed by atoms with Gasteiger partial charge in [-0.3, -0.25) is 9.10 Å². The van der Waals surface area contributed by atoms with E-state index in [1.807, 2.05) is 69.5 Å². The van der Waals surface area contributed by atoms with Crippen LogP contribution in [0.1, 0.15) is 22.5 Å². The van der Waals surface area contributed by atoms with Gasteiger partial charge in [-0.15, -0.1) is 11.8 Å². The Hall–Kier alpha value is -3.34. The topological polar surface area (TPSA) is 83.8 Å². The fourth-order valence-electron chi connectivity index (χ4n) is 4.15. The van der Waals surface area contributed by atoms with Crippen LogP contribution in [-0.2, 0) is 14.8 Å². The number of thioether (sulfide) groups is 1. The molecule has 0 bridgehead atoms. The summed E-state index contributed by atoms with van der Waals surface area (Å²) in [5.74, 6) is -0.558. The first-order valence-corrected chi connectivity index (χ1v) is 15.6. The van der Waals surface area contributed by atoms with Gasteiger partial charge >= 0.3 is 0 Å². The van der Waals surface area contributed by atoms with E-state index in [0.29, 0.717) is 5.69 Å². The Balaban J connectivity index is 1.54. The first-order valence-electron chi connectivity index (χ1n) is 12.1. The van der Waals surface area contributed by atoms with Gasteiger partial charge in [-0.25, -0.2) is 13.8 Å². The number of amides is 1. The Morgan fingerprint density at radius 1 is 1.00 bits per heavy atom. The van der Waals surface area contributed by atoms with Crippen molar-refractivity contribution in [3.63, 3.8) is 0 Å². The summed E-state index contributed by atoms with van der Waals surface area (Å²) < 4.78 is 31.4. The number of aryl methyl sites for hydroxylation is 2. The number of hydrogen-bond donors (Lipinski definition) is 1. The molecule has 39 heavy (non-hydrogen) atoms. The number of aromatic nitrogens is 1. The van der Waals surface area contributed by atoms with Gasteiger partial charge in [0, 0.05) is 32.0 Å². The zero-order valence-corrected chi connectivity index (χ0v) is 25.3. The smallest absolute Gasteiger partial charge is 0.264 e. The number of carbonyl (C=O) groups is 1. The Labute approximate surface area is 242 Å². The Kier molecular flexibility index (Phi) is 8.99. The molecule has 0 saturated heterocycles. The van der Waals surface area contributed by atoms with Crippen molar-refractivity contribution in [1.82, 2.24) is 9.99 Å². The number of hydrogen-bond acceptors (Lipinski definition) is 5. The fraction of sp³-hybridized carbons (Fsp3) is 0.172. The van der Waals surface area contributed by atoms with Gasteiger partial charge < -0.3 is 4.57 Å². The summed E-state index contributed by atoms with van der Waals surface area (Å²) in [5.41, 5.74) is 7.71. The molecule has 1 heterocycles. The number of hydrazone groups is 1. The minimum atomic E-state index is -4.00. The fourth-order valence-corrected chi connectivity index (χ4v) is 6.24. The molecular formula is C29H29BrN4O3S2. The maximum Gasteiger partial charge on any atom is 0.264 e. The highest BCUT2D eigenvalue weighted by Gasteiger charge is 2.27. The second-order valence-electron chi connectivity index (χ2n) is 8.95. The molecule has 0 saturated carbocycles. The lowest BCUT2D eigenvalue weighted by atomic mass is 10.2. The summed E-state index contributed by atoms with van der Waals surface area (Å²) >= 11 is 4.98. The SMILES string of the molecule is CSc1ccc(S(=O)(=O)N(CC(=O)N/N=C\c2cc(C)n(-c3ccc(Br)cc3)c2C)c2ccc(C)cc2)cc1. The normalized spacial score (nSPS) is 11.6. The van der Waals surface area contributed by atoms with E-state index < -0.39 is 22.5 Å². The van der Waals surface area contributed by atoms with Crippen LogP contribution in [0, 0.1) is 20.8 Å². The summed E-state index contributed by atoms with van der Waals surface area (Å²) in [7, 11) is -4.00. The maximum absolute atomic E-state index is 13.6. The monoisotopic (exact) mass is 624 g/mol. The van der Waals surface area contributed by atoms with Crippen LogP contribution in [0.2, 0.25) is 0 Å². The molecule has 202 valence electrons. The van der Waals surface area contributed by atoms with Crippen LogP contribution in [0.5, 0.6) is 0 Å². The molecule has 0 aliphatic heterocycles. The number of nitrogens with one attached hydrogen (secondary N) is 1. The number of carbonyl (C=O) groups excluding carboxylic acids is 1. The van der Waals surface area contributed by atoms with E-state index in [1.54, 1.807) is 42.6 Å². The van der Waals surface area contributed by atoms with Crippen LogP contribution in [0.3, 0.4) is 0 Å². The highest BCUT2D eigenvalue weighted by molar-refractivity contribution is 9.10. The molecule has 3 aromatic carbocycles. The average molecular weight is 626 g/mol. The molecule has 1 amide bonds. The lowest BCUT2D eigenvalue weighted by molar-refractivity contribution is -0.119. The van der Waals surface area contributed by atoms with Crippen molar-refractivity contribution in [3.05, 3.63) is 106 Å². The summed E-state index contributed by atoms with van der Waals surface area (Å²) in [6.07, 6.45) is 3.49. The van der Waals surface area contributed by atoms with E-state index in [-0.39, 0.29) is 4.90 Å². The van der Waals surface area contributed by atoms with Crippen LogP contribution in [-0.4, -0.2) is 37.9 Å². The molecule has 0 fully saturated rings. The number of sulfonamides is 1. The van der Waals surface area contributed by atoms with Gasteiger partial charge in [0.1, 0.15) is 6.54 Å². The zero-order valence-electron chi connectivity index (χ0n) is 22.1. The molecule has 1 N–H and O–H groups in total. The highest BCUT2D eigenvalue weighted by Crippen LogP contribution is 2.26. The summed E-state index contributed by atoms with van der Waals surface area (Å²) in [4.78, 5) is 14.0. The van der Waals surface area contributed by atoms with Gasteiger partial charge in [-0.05, 0) is 93.8 Å². The molecule has 0 radical (unpaired) electrons. The third kappa shape index (κ3) is 6.63. The molecular weight excluding hydrogens is 596 g/mol. The predicted octanol–water partition coefficient (Wildman–Crippen LogP) is 6.23. The summed E-state index contributed by atoms with van der Waals surface area (Å²) in [6.45, 7) is 5.47. The second-order valence-corrected chi connectivity index (χ2v) is 12.6. The van der Waals surface area contributed by atoms with Gasteiger partial charge in [0.2, 0.25) is 0 Å². The van der Waals surface area contributed by atoms with Crippen molar-refractivity contribution < 1.29 is 13.2 Å². The van der Waals surface area contributed by atoms with E-state index >= 15 is 0 Å². The van der Waals surface area contributed by atoms with Crippen molar-refractivity contribution in [1.29, 1.82) is 0 Å². The van der Waals surface area contributed by atoms with Gasteiger partial charge in [0.25, 0.3) is 15.9 Å². The molecule has 4 rings (SSSR count). The quantitative estimate of drug-likeness (QED) is 0.136. The summed E-state index contributed by atoms with van der Waals surface area (Å²) in [6, 6.07) is 23.6. The lowest BCUT2D eigenvalue weighted by Crippen LogP contribution is -2.39. The molecule has 0 unspecified atom stereocenters. The average Bonchev–Trinajstić information content (AvgIpc) is 3.21. The highest BCUT2D eigenvalue weighted by atomic mass is 79.9. The van der Waals surface area contributed by atoms with E-state index in [0.717, 1.165) is 41.9 Å². The molecule has 1 aromatic heterocycles. The van der Waals surface area contributed by atoms with Crippen molar-refractivity contribution in [2.24, 2.45) is 5.10 Å². The number of anilines is 1. The van der Waals surface area contributed by atoms with Gasteiger partial charge in [-0.2, -0.15) is 5.10 Å². The van der Waals surface area contributed by atoms with Crippen molar-refractivity contribution in [3.8, 4) is 5.69 Å². The Bertz CT molecular complexity index is 1600. The molecule has 7 nitrogen and oxygen atoms in total. The second kappa shape index (κ2) is 12.2. The minimum absolute atomic E-state index is 0.109. The molecule has 0 aliphatic carbocycles. The van der Waals surface area contributed by atoms with Crippen molar-refractivity contribution in [2.45, 2.75) is 30.6 Å². The maximum atomic E-state index is 13.6. The van der Waals surface area contributed by atoms with Crippen LogP contribution >= 0.6 is 27.7 Å². The lowest BCUT2D eigenvalue weighted by Gasteiger charge is -2.24. The van der Waals surface area contributed by atoms with E-state index in [4.69, 9.17) is 0 Å². The third-order valence-corrected chi connectivity index (χ3v) is 9.26. The molecule has 0 spiro atoms. The summed E-state index contributed by atoms with van der Waals surface area (Å²) in [5, 5.41) is 4.13. The number of benzene rings is 3. The third-order valence-electron chi connectivity index (χ3n) is 6.20. The van der Waals surface area contributed by atoms with E-state index in [9.17, 15) is 13.2 Å². The van der Waals surface area contributed by atoms with Crippen molar-refractivity contribution in [2.75, 3.05) is 17.1 Å². The first-order chi connectivity index (χ1) is 18.6. The van der Waals surface area contributed by atoms with Crippen LogP contribution in [0.15, 0.2) is 98.2 Å². The van der Waals surface area contributed by atoms with E-state index in [2.05, 4.69) is 31.0 Å². The van der Waals surface area contributed by atoms with Crippen LogP contribution in [0.25, 0.3) is 5.69 Å². The predicted molar refractivity (Wildman–Crippen MR) is 163 cm³/mol. The molecule has 10 heteroatoms. The largest absolute Gasteiger partial charge is 0.318 e. The van der Waals surface area contributed by atoms with Crippen LogP contribution < -0.4 is 9.73 Å². The molecule has 0 atom stereocenters. The van der Waals surface area contributed by atoms with Crippen LogP contribution in [0.4, 0.5) is 5.69 Å². The zero-order chi connectivity index (χ0) is 28.2. The van der Waals surface area contributed by atoms with Gasteiger partial charge in [-0.1, -0.05) is 33.6 Å². The number of nitrogens with zero attached hydrogens (tertiary/aromatic N) is 3. The van der Waals surface area contributed by atoms with E-state index in [1.165, 1.54) is 11.8 Å². The minimum Gasteiger partial charge on any atom is -0.318 e. The van der Waals surface area contributed by atoms with Gasteiger partial charge in [0.15, 0.2) is 0 Å². The number of halogens is 1. The Morgan fingerprint density at radius 3 is 2.26 bits per heavy atom. The first kappa shape index (κ1) is 28.7.